The summed E-state index contributed by atoms with van der Waals surface area (Å²) in [4.78, 5) is 11.1. The molecule has 0 aliphatic heterocycles. The molecule has 0 radical (unpaired) electrons. The fourth-order valence-corrected chi connectivity index (χ4v) is 2.62. The lowest BCUT2D eigenvalue weighted by Gasteiger charge is -2.07. The number of thiazole rings is 1. The van der Waals surface area contributed by atoms with Crippen molar-refractivity contribution >= 4 is 26.7 Å². The number of halogens is 3. The average molecular weight is 314 g/mol. The van der Waals surface area contributed by atoms with Crippen LogP contribution in [0.4, 0.5) is 18.3 Å². The van der Waals surface area contributed by atoms with Crippen molar-refractivity contribution in [2.45, 2.75) is 12.9 Å². The van der Waals surface area contributed by atoms with E-state index in [4.69, 9.17) is 0 Å². The van der Waals surface area contributed by atoms with E-state index in [2.05, 4.69) is 25.0 Å². The molecule has 0 aliphatic rings. The van der Waals surface area contributed by atoms with Crippen LogP contribution in [-0.4, -0.2) is 21.3 Å². The Balaban J connectivity index is 1.76. The number of anilines is 1. The van der Waals surface area contributed by atoms with Crippen molar-refractivity contribution in [3.8, 4) is 5.75 Å². The Hall–Kier alpha value is -2.29. The van der Waals surface area contributed by atoms with Gasteiger partial charge in [0.1, 0.15) is 5.75 Å². The molecule has 3 rings (SSSR count). The van der Waals surface area contributed by atoms with Crippen molar-refractivity contribution in [2.75, 3.05) is 5.32 Å². The number of rotatable bonds is 4. The third-order valence-electron chi connectivity index (χ3n) is 2.58. The van der Waals surface area contributed by atoms with Crippen molar-refractivity contribution < 1.29 is 17.9 Å². The second-order valence-corrected chi connectivity index (χ2v) is 5.16. The monoisotopic (exact) mass is 314 g/mol. The predicted molar refractivity (Wildman–Crippen MR) is 72.2 cm³/mol. The smallest absolute Gasteiger partial charge is 0.406 e. The summed E-state index contributed by atoms with van der Waals surface area (Å²) in [6.45, 7) is 0.506. The number of hydrogen-bond acceptors (Lipinski definition) is 5. The standard InChI is InChI=1S/C12H9F3N4OS/c13-12(14,15)20-8-1-2-9-10(3-8)21-11(19-9)17-5-7-4-16-6-18-7/h1-4,6H,5H2,(H,16,18)(H,17,19). The van der Waals surface area contributed by atoms with Gasteiger partial charge < -0.3 is 15.0 Å². The van der Waals surface area contributed by atoms with Gasteiger partial charge >= 0.3 is 6.36 Å². The first-order chi connectivity index (χ1) is 9.99. The van der Waals surface area contributed by atoms with E-state index in [0.29, 0.717) is 21.9 Å². The quantitative estimate of drug-likeness (QED) is 0.773. The fraction of sp³-hybridized carbons (Fsp3) is 0.167. The molecular formula is C12H9F3N4OS. The van der Waals surface area contributed by atoms with Gasteiger partial charge in [-0.25, -0.2) is 9.97 Å². The largest absolute Gasteiger partial charge is 0.573 e. The second-order valence-electron chi connectivity index (χ2n) is 4.13. The van der Waals surface area contributed by atoms with Crippen LogP contribution < -0.4 is 10.1 Å². The highest BCUT2D eigenvalue weighted by Gasteiger charge is 2.31. The zero-order valence-electron chi connectivity index (χ0n) is 10.4. The lowest BCUT2D eigenvalue weighted by atomic mass is 10.3. The maximum Gasteiger partial charge on any atom is 0.573 e. The molecule has 0 unspecified atom stereocenters. The van der Waals surface area contributed by atoms with Crippen LogP contribution in [0.1, 0.15) is 5.69 Å². The highest BCUT2D eigenvalue weighted by atomic mass is 32.1. The molecule has 0 spiro atoms. The Morgan fingerprint density at radius 1 is 1.33 bits per heavy atom. The summed E-state index contributed by atoms with van der Waals surface area (Å²) in [6.07, 6.45) is -1.45. The molecule has 0 atom stereocenters. The number of hydrogen-bond donors (Lipinski definition) is 2. The van der Waals surface area contributed by atoms with E-state index in [-0.39, 0.29) is 5.75 Å². The molecule has 2 aromatic heterocycles. The minimum absolute atomic E-state index is 0.251. The van der Waals surface area contributed by atoms with Gasteiger partial charge in [-0.2, -0.15) is 0 Å². The fourth-order valence-electron chi connectivity index (χ4n) is 1.73. The summed E-state index contributed by atoms with van der Waals surface area (Å²) in [6, 6.07) is 4.06. The zero-order chi connectivity index (χ0) is 14.9. The predicted octanol–water partition coefficient (Wildman–Crippen LogP) is 3.53. The first-order valence-corrected chi connectivity index (χ1v) is 6.69. The van der Waals surface area contributed by atoms with Crippen LogP contribution in [0.5, 0.6) is 5.75 Å². The van der Waals surface area contributed by atoms with Crippen LogP contribution in [0.25, 0.3) is 10.2 Å². The molecule has 0 aliphatic carbocycles. The number of fused-ring (bicyclic) bond motifs is 1. The van der Waals surface area contributed by atoms with Gasteiger partial charge in [0.2, 0.25) is 0 Å². The summed E-state index contributed by atoms with van der Waals surface area (Å²) in [5.74, 6) is -0.251. The van der Waals surface area contributed by atoms with Crippen LogP contribution in [0, 0.1) is 0 Å². The highest BCUT2D eigenvalue weighted by molar-refractivity contribution is 7.22. The van der Waals surface area contributed by atoms with Gasteiger partial charge in [0.25, 0.3) is 0 Å². The third-order valence-corrected chi connectivity index (χ3v) is 3.55. The Kier molecular flexibility index (Phi) is 3.42. The van der Waals surface area contributed by atoms with Crippen molar-refractivity contribution in [3.05, 3.63) is 36.4 Å². The van der Waals surface area contributed by atoms with Gasteiger partial charge in [0, 0.05) is 12.3 Å². The molecule has 0 saturated carbocycles. The van der Waals surface area contributed by atoms with Crippen LogP contribution in [0.3, 0.4) is 0 Å². The van der Waals surface area contributed by atoms with Crippen LogP contribution in [0.15, 0.2) is 30.7 Å². The first-order valence-electron chi connectivity index (χ1n) is 5.87. The van der Waals surface area contributed by atoms with Gasteiger partial charge in [-0.1, -0.05) is 11.3 Å². The molecule has 2 N–H and O–H groups in total. The third kappa shape index (κ3) is 3.43. The SMILES string of the molecule is FC(F)(F)Oc1ccc2nc(NCc3cnc[nH]3)sc2c1. The minimum atomic E-state index is -4.69. The van der Waals surface area contributed by atoms with Crippen molar-refractivity contribution in [1.29, 1.82) is 0 Å². The summed E-state index contributed by atoms with van der Waals surface area (Å²) >= 11 is 1.26. The number of aromatic amines is 1. The van der Waals surface area contributed by atoms with E-state index < -0.39 is 6.36 Å². The number of alkyl halides is 3. The van der Waals surface area contributed by atoms with E-state index in [0.717, 1.165) is 5.69 Å². The van der Waals surface area contributed by atoms with E-state index in [1.54, 1.807) is 12.5 Å². The summed E-state index contributed by atoms with van der Waals surface area (Å²) in [7, 11) is 0. The summed E-state index contributed by atoms with van der Waals surface area (Å²) < 4.78 is 41.0. The maximum absolute atomic E-state index is 12.2. The van der Waals surface area contributed by atoms with Crippen LogP contribution in [0.2, 0.25) is 0 Å². The molecule has 2 heterocycles. The molecule has 0 saturated heterocycles. The lowest BCUT2D eigenvalue weighted by molar-refractivity contribution is -0.274. The number of aromatic nitrogens is 3. The molecule has 5 nitrogen and oxygen atoms in total. The number of imidazole rings is 1. The highest BCUT2D eigenvalue weighted by Crippen LogP contribution is 2.31. The lowest BCUT2D eigenvalue weighted by Crippen LogP contribution is -2.16. The first kappa shape index (κ1) is 13.7. The van der Waals surface area contributed by atoms with Crippen molar-refractivity contribution in [3.63, 3.8) is 0 Å². The molecule has 21 heavy (non-hydrogen) atoms. The molecule has 1 aromatic carbocycles. The van der Waals surface area contributed by atoms with E-state index in [1.807, 2.05) is 0 Å². The van der Waals surface area contributed by atoms with Crippen LogP contribution >= 0.6 is 11.3 Å². The second kappa shape index (κ2) is 5.24. The normalized spacial score (nSPS) is 11.8. The molecule has 0 bridgehead atoms. The zero-order valence-corrected chi connectivity index (χ0v) is 11.3. The Labute approximate surface area is 120 Å². The molecule has 9 heteroatoms. The molecule has 0 amide bonds. The molecule has 0 fully saturated rings. The molecule has 110 valence electrons. The summed E-state index contributed by atoms with van der Waals surface area (Å²) in [5.41, 5.74) is 1.50. The van der Waals surface area contributed by atoms with Gasteiger partial charge in [0.05, 0.1) is 28.8 Å². The van der Waals surface area contributed by atoms with Gasteiger partial charge in [-0.05, 0) is 12.1 Å². The number of benzene rings is 1. The van der Waals surface area contributed by atoms with Gasteiger partial charge in [-0.3, -0.25) is 0 Å². The minimum Gasteiger partial charge on any atom is -0.406 e. The number of ether oxygens (including phenoxy) is 1. The number of H-pyrrole nitrogens is 1. The topological polar surface area (TPSA) is 62.8 Å². The van der Waals surface area contributed by atoms with E-state index in [1.165, 1.54) is 29.5 Å². The summed E-state index contributed by atoms with van der Waals surface area (Å²) in [5, 5.41) is 3.69. The Morgan fingerprint density at radius 3 is 2.90 bits per heavy atom. The van der Waals surface area contributed by atoms with Crippen LogP contribution in [-0.2, 0) is 6.54 Å². The van der Waals surface area contributed by atoms with Crippen molar-refractivity contribution in [1.82, 2.24) is 15.0 Å². The maximum atomic E-state index is 12.2. The number of nitrogens with zero attached hydrogens (tertiary/aromatic N) is 2. The van der Waals surface area contributed by atoms with E-state index in [9.17, 15) is 13.2 Å². The molecule has 3 aromatic rings. The molecular weight excluding hydrogens is 305 g/mol. The number of nitrogens with one attached hydrogen (secondary N) is 2. The van der Waals surface area contributed by atoms with Crippen molar-refractivity contribution in [2.24, 2.45) is 0 Å². The Morgan fingerprint density at radius 2 is 2.19 bits per heavy atom. The van der Waals surface area contributed by atoms with Gasteiger partial charge in [-0.15, -0.1) is 13.2 Å². The Bertz CT molecular complexity index is 739. The average Bonchev–Trinajstić information content (AvgIpc) is 3.02. The van der Waals surface area contributed by atoms with Gasteiger partial charge in [0.15, 0.2) is 5.13 Å². The van der Waals surface area contributed by atoms with E-state index >= 15 is 0 Å².